The third-order valence-corrected chi connectivity index (χ3v) is 2.69. The molecular formula is C12H17N3O. The van der Waals surface area contributed by atoms with E-state index in [-0.39, 0.29) is 12.1 Å². The summed E-state index contributed by atoms with van der Waals surface area (Å²) in [7, 11) is 0. The SMILES string of the molecule is O=C(NCc1ccccc1)N[C@@H]1CCNC1. The van der Waals surface area contributed by atoms with Crippen LogP contribution in [-0.2, 0) is 6.54 Å². The lowest BCUT2D eigenvalue weighted by atomic mass is 10.2. The summed E-state index contributed by atoms with van der Waals surface area (Å²) in [5.41, 5.74) is 1.11. The van der Waals surface area contributed by atoms with Gasteiger partial charge in [-0.15, -0.1) is 0 Å². The van der Waals surface area contributed by atoms with Crippen LogP contribution in [0.2, 0.25) is 0 Å². The molecule has 16 heavy (non-hydrogen) atoms. The van der Waals surface area contributed by atoms with Crippen LogP contribution in [0.25, 0.3) is 0 Å². The average Bonchev–Trinajstić information content (AvgIpc) is 2.81. The molecule has 86 valence electrons. The third kappa shape index (κ3) is 3.24. The molecule has 2 rings (SSSR count). The van der Waals surface area contributed by atoms with Gasteiger partial charge in [0.2, 0.25) is 0 Å². The minimum Gasteiger partial charge on any atom is -0.334 e. The van der Waals surface area contributed by atoms with Crippen LogP contribution < -0.4 is 16.0 Å². The predicted molar refractivity (Wildman–Crippen MR) is 63.1 cm³/mol. The van der Waals surface area contributed by atoms with Crippen LogP contribution in [0.5, 0.6) is 0 Å². The van der Waals surface area contributed by atoms with Gasteiger partial charge < -0.3 is 16.0 Å². The molecule has 1 heterocycles. The summed E-state index contributed by atoms with van der Waals surface area (Å²) in [6.07, 6.45) is 1.01. The first-order valence-corrected chi connectivity index (χ1v) is 5.63. The highest BCUT2D eigenvalue weighted by Crippen LogP contribution is 1.98. The smallest absolute Gasteiger partial charge is 0.315 e. The van der Waals surface area contributed by atoms with Crippen molar-refractivity contribution in [3.63, 3.8) is 0 Å². The molecule has 0 unspecified atom stereocenters. The molecule has 1 aromatic carbocycles. The van der Waals surface area contributed by atoms with E-state index < -0.39 is 0 Å². The molecule has 0 saturated carbocycles. The Morgan fingerprint density at radius 1 is 1.38 bits per heavy atom. The molecule has 4 heteroatoms. The van der Waals surface area contributed by atoms with Gasteiger partial charge in [0.15, 0.2) is 0 Å². The summed E-state index contributed by atoms with van der Waals surface area (Å²) in [6, 6.07) is 10.1. The van der Waals surface area contributed by atoms with Crippen molar-refractivity contribution in [3.8, 4) is 0 Å². The van der Waals surface area contributed by atoms with Gasteiger partial charge >= 0.3 is 6.03 Å². The lowest BCUT2D eigenvalue weighted by Gasteiger charge is -2.12. The Balaban J connectivity index is 1.71. The van der Waals surface area contributed by atoms with E-state index in [9.17, 15) is 4.79 Å². The summed E-state index contributed by atoms with van der Waals surface area (Å²) >= 11 is 0. The van der Waals surface area contributed by atoms with Crippen molar-refractivity contribution in [2.24, 2.45) is 0 Å². The van der Waals surface area contributed by atoms with Crippen molar-refractivity contribution in [1.82, 2.24) is 16.0 Å². The van der Waals surface area contributed by atoms with Gasteiger partial charge in [-0.2, -0.15) is 0 Å². The highest BCUT2D eigenvalue weighted by molar-refractivity contribution is 5.74. The van der Waals surface area contributed by atoms with Gasteiger partial charge in [-0.1, -0.05) is 30.3 Å². The number of amides is 2. The molecule has 1 aliphatic rings. The zero-order valence-electron chi connectivity index (χ0n) is 9.20. The Kier molecular flexibility index (Phi) is 3.77. The van der Waals surface area contributed by atoms with Crippen molar-refractivity contribution in [3.05, 3.63) is 35.9 Å². The Morgan fingerprint density at radius 3 is 2.88 bits per heavy atom. The number of benzene rings is 1. The monoisotopic (exact) mass is 219 g/mol. The topological polar surface area (TPSA) is 53.2 Å². The molecule has 3 N–H and O–H groups in total. The predicted octanol–water partition coefficient (Wildman–Crippen LogP) is 0.848. The average molecular weight is 219 g/mol. The van der Waals surface area contributed by atoms with Crippen molar-refractivity contribution in [2.75, 3.05) is 13.1 Å². The van der Waals surface area contributed by atoms with E-state index in [1.807, 2.05) is 30.3 Å². The van der Waals surface area contributed by atoms with E-state index in [1.165, 1.54) is 0 Å². The maximum Gasteiger partial charge on any atom is 0.315 e. The van der Waals surface area contributed by atoms with Gasteiger partial charge in [0.25, 0.3) is 0 Å². The number of urea groups is 1. The highest BCUT2D eigenvalue weighted by Gasteiger charge is 2.15. The molecular weight excluding hydrogens is 202 g/mol. The lowest BCUT2D eigenvalue weighted by molar-refractivity contribution is 0.237. The normalized spacial score (nSPS) is 19.4. The van der Waals surface area contributed by atoms with Crippen molar-refractivity contribution < 1.29 is 4.79 Å². The molecule has 0 bridgehead atoms. The largest absolute Gasteiger partial charge is 0.334 e. The molecule has 1 atom stereocenters. The van der Waals surface area contributed by atoms with Crippen LogP contribution in [0.1, 0.15) is 12.0 Å². The minimum atomic E-state index is -0.0856. The van der Waals surface area contributed by atoms with E-state index in [4.69, 9.17) is 0 Å². The molecule has 0 radical (unpaired) electrons. The van der Waals surface area contributed by atoms with E-state index in [2.05, 4.69) is 16.0 Å². The molecule has 0 aromatic heterocycles. The first-order chi connectivity index (χ1) is 7.84. The lowest BCUT2D eigenvalue weighted by Crippen LogP contribution is -2.42. The Hall–Kier alpha value is -1.55. The van der Waals surface area contributed by atoms with Crippen LogP contribution >= 0.6 is 0 Å². The number of hydrogen-bond acceptors (Lipinski definition) is 2. The minimum absolute atomic E-state index is 0.0856. The Labute approximate surface area is 95.4 Å². The quantitative estimate of drug-likeness (QED) is 0.706. The number of rotatable bonds is 3. The fourth-order valence-electron chi connectivity index (χ4n) is 1.79. The zero-order chi connectivity index (χ0) is 11.2. The Bertz CT molecular complexity index is 333. The van der Waals surface area contributed by atoms with Crippen LogP contribution in [0.15, 0.2) is 30.3 Å². The second-order valence-electron chi connectivity index (χ2n) is 4.00. The summed E-state index contributed by atoms with van der Waals surface area (Å²) in [5, 5.41) is 8.99. The van der Waals surface area contributed by atoms with Crippen LogP contribution in [-0.4, -0.2) is 25.2 Å². The molecule has 1 saturated heterocycles. The molecule has 1 aromatic rings. The van der Waals surface area contributed by atoms with Crippen molar-refractivity contribution in [2.45, 2.75) is 19.0 Å². The molecule has 4 nitrogen and oxygen atoms in total. The van der Waals surface area contributed by atoms with Crippen LogP contribution in [0, 0.1) is 0 Å². The number of nitrogens with one attached hydrogen (secondary N) is 3. The highest BCUT2D eigenvalue weighted by atomic mass is 16.2. The van der Waals surface area contributed by atoms with Crippen LogP contribution in [0.4, 0.5) is 4.79 Å². The molecule has 1 aliphatic heterocycles. The van der Waals surface area contributed by atoms with Crippen molar-refractivity contribution in [1.29, 1.82) is 0 Å². The molecule has 0 spiro atoms. The number of carbonyl (C=O) groups is 1. The van der Waals surface area contributed by atoms with E-state index in [1.54, 1.807) is 0 Å². The van der Waals surface area contributed by atoms with E-state index in [0.29, 0.717) is 6.54 Å². The zero-order valence-corrected chi connectivity index (χ0v) is 9.20. The third-order valence-electron chi connectivity index (χ3n) is 2.69. The van der Waals surface area contributed by atoms with Gasteiger partial charge in [-0.3, -0.25) is 0 Å². The first kappa shape index (κ1) is 11.0. The fraction of sp³-hybridized carbons (Fsp3) is 0.417. The second-order valence-corrected chi connectivity index (χ2v) is 4.00. The van der Waals surface area contributed by atoms with E-state index >= 15 is 0 Å². The maximum absolute atomic E-state index is 11.5. The van der Waals surface area contributed by atoms with Gasteiger partial charge in [0.1, 0.15) is 0 Å². The number of hydrogen-bond donors (Lipinski definition) is 3. The summed E-state index contributed by atoms with van der Waals surface area (Å²) in [5.74, 6) is 0. The first-order valence-electron chi connectivity index (χ1n) is 5.63. The fourth-order valence-corrected chi connectivity index (χ4v) is 1.79. The van der Waals surface area contributed by atoms with Crippen molar-refractivity contribution >= 4 is 6.03 Å². The summed E-state index contributed by atoms with van der Waals surface area (Å²) < 4.78 is 0. The van der Waals surface area contributed by atoms with Gasteiger partial charge in [0.05, 0.1) is 0 Å². The number of carbonyl (C=O) groups excluding carboxylic acids is 1. The maximum atomic E-state index is 11.5. The molecule has 0 aliphatic carbocycles. The van der Waals surface area contributed by atoms with Gasteiger partial charge in [-0.05, 0) is 18.5 Å². The summed E-state index contributed by atoms with van der Waals surface area (Å²) in [4.78, 5) is 11.5. The van der Waals surface area contributed by atoms with Gasteiger partial charge in [0, 0.05) is 19.1 Å². The van der Waals surface area contributed by atoms with Gasteiger partial charge in [-0.25, -0.2) is 4.79 Å². The molecule has 2 amide bonds. The standard InChI is InChI=1S/C12H17N3O/c16-12(15-11-6-7-13-9-11)14-8-10-4-2-1-3-5-10/h1-5,11,13H,6-9H2,(H2,14,15,16)/t11-/m1/s1. The Morgan fingerprint density at radius 2 is 2.19 bits per heavy atom. The second kappa shape index (κ2) is 5.51. The van der Waals surface area contributed by atoms with E-state index in [0.717, 1.165) is 25.1 Å². The summed E-state index contributed by atoms with van der Waals surface area (Å²) in [6.45, 7) is 2.44. The molecule has 1 fully saturated rings. The van der Waals surface area contributed by atoms with Crippen LogP contribution in [0.3, 0.4) is 0 Å².